The van der Waals surface area contributed by atoms with Crippen molar-refractivity contribution in [2.45, 2.75) is 31.8 Å². The number of aromatic amines is 1. The van der Waals surface area contributed by atoms with Gasteiger partial charge >= 0.3 is 0 Å². The van der Waals surface area contributed by atoms with Crippen LogP contribution >= 0.6 is 0 Å². The Hall–Kier alpha value is -1.90. The lowest BCUT2D eigenvalue weighted by Crippen LogP contribution is -2.24. The van der Waals surface area contributed by atoms with Gasteiger partial charge in [0, 0.05) is 12.6 Å². The van der Waals surface area contributed by atoms with Gasteiger partial charge in [0.25, 0.3) is 5.56 Å². The number of aliphatic hydroxyl groups excluding tert-OH is 2. The number of hydrogen-bond donors (Lipinski definition) is 4. The molecule has 3 atom stereocenters. The second-order valence-corrected chi connectivity index (χ2v) is 4.98. The van der Waals surface area contributed by atoms with Crippen LogP contribution in [0.1, 0.15) is 18.2 Å². The average molecular weight is 280 g/mol. The highest BCUT2D eigenvalue weighted by Gasteiger charge is 2.35. The Morgan fingerprint density at radius 3 is 3.05 bits per heavy atom. The third kappa shape index (κ3) is 1.89. The Balaban J connectivity index is 2.11. The highest BCUT2D eigenvalue weighted by Crippen LogP contribution is 2.31. The maximum absolute atomic E-state index is 11.9. The van der Waals surface area contributed by atoms with Crippen LogP contribution in [0.25, 0.3) is 11.0 Å². The van der Waals surface area contributed by atoms with Crippen molar-refractivity contribution < 1.29 is 14.9 Å². The van der Waals surface area contributed by atoms with Gasteiger partial charge in [-0.3, -0.25) is 9.78 Å². The van der Waals surface area contributed by atoms with Crippen molar-refractivity contribution in [2.75, 3.05) is 12.3 Å². The van der Waals surface area contributed by atoms with Gasteiger partial charge in [0.05, 0.1) is 18.1 Å². The topological polar surface area (TPSA) is 126 Å². The van der Waals surface area contributed by atoms with Crippen molar-refractivity contribution in [3.05, 3.63) is 22.1 Å². The highest BCUT2D eigenvalue weighted by atomic mass is 16.5. The Kier molecular flexibility index (Phi) is 3.00. The third-order valence-electron chi connectivity index (χ3n) is 3.58. The van der Waals surface area contributed by atoms with Gasteiger partial charge in [-0.05, 0) is 12.5 Å². The minimum absolute atomic E-state index is 0.0269. The Bertz CT molecular complexity index is 707. The number of nitrogens with two attached hydrogens (primary N) is 1. The molecule has 2 aromatic rings. The lowest BCUT2D eigenvalue weighted by molar-refractivity contribution is -0.0430. The summed E-state index contributed by atoms with van der Waals surface area (Å²) in [5.41, 5.74) is 6.43. The van der Waals surface area contributed by atoms with Crippen molar-refractivity contribution in [1.29, 1.82) is 0 Å². The maximum atomic E-state index is 11.9. The van der Waals surface area contributed by atoms with Crippen molar-refractivity contribution in [1.82, 2.24) is 14.5 Å². The van der Waals surface area contributed by atoms with Gasteiger partial charge < -0.3 is 25.3 Å². The summed E-state index contributed by atoms with van der Waals surface area (Å²) in [6.45, 7) is 1.53. The van der Waals surface area contributed by atoms with E-state index in [1.807, 2.05) is 0 Å². The second kappa shape index (κ2) is 4.58. The molecule has 0 aliphatic carbocycles. The van der Waals surface area contributed by atoms with E-state index in [0.717, 1.165) is 5.56 Å². The van der Waals surface area contributed by atoms with Crippen molar-refractivity contribution in [2.24, 2.45) is 0 Å². The molecule has 2 aromatic heterocycles. The van der Waals surface area contributed by atoms with Gasteiger partial charge in [-0.25, -0.2) is 0 Å². The van der Waals surface area contributed by atoms with E-state index in [9.17, 15) is 9.90 Å². The quantitative estimate of drug-likeness (QED) is 0.573. The SMILES string of the molecule is Cc1cn([C@H]2C[C@H](O)[C@@H](CO)O2)c2nc(N)[nH]c(=O)c12. The standard InChI is InChI=1S/C12H16N4O4/c1-5-3-16(8-2-6(18)7(4-17)20-8)10-9(5)11(19)15-12(13)14-10/h3,6-8,17-18H,2,4H2,1H3,(H3,13,14,15,19)/t6-,7+,8+/m0/s1. The Morgan fingerprint density at radius 1 is 1.65 bits per heavy atom. The molecule has 0 aromatic carbocycles. The van der Waals surface area contributed by atoms with E-state index in [1.54, 1.807) is 17.7 Å². The van der Waals surface area contributed by atoms with E-state index in [-0.39, 0.29) is 18.1 Å². The minimum Gasteiger partial charge on any atom is -0.394 e. The number of aromatic nitrogens is 3. The molecule has 1 fully saturated rings. The summed E-state index contributed by atoms with van der Waals surface area (Å²) in [4.78, 5) is 18.5. The van der Waals surface area contributed by atoms with Crippen LogP contribution in [0.3, 0.4) is 0 Å². The molecule has 108 valence electrons. The molecule has 1 saturated heterocycles. The number of nitrogens with zero attached hydrogens (tertiary/aromatic N) is 2. The number of nitrogens with one attached hydrogen (secondary N) is 1. The van der Waals surface area contributed by atoms with E-state index in [2.05, 4.69) is 9.97 Å². The number of hydrogen-bond acceptors (Lipinski definition) is 6. The summed E-state index contributed by atoms with van der Waals surface area (Å²) in [5.74, 6) is 0.0269. The largest absolute Gasteiger partial charge is 0.394 e. The van der Waals surface area contributed by atoms with Crippen LogP contribution in [0.5, 0.6) is 0 Å². The fraction of sp³-hybridized carbons (Fsp3) is 0.500. The Morgan fingerprint density at radius 2 is 2.40 bits per heavy atom. The molecule has 0 unspecified atom stereocenters. The number of aliphatic hydroxyl groups is 2. The van der Waals surface area contributed by atoms with Gasteiger partial charge in [-0.1, -0.05) is 0 Å². The molecule has 1 aliphatic rings. The summed E-state index contributed by atoms with van der Waals surface area (Å²) in [6, 6.07) is 0. The van der Waals surface area contributed by atoms with Crippen LogP contribution in [0.4, 0.5) is 5.95 Å². The van der Waals surface area contributed by atoms with E-state index in [0.29, 0.717) is 17.5 Å². The summed E-state index contributed by atoms with van der Waals surface area (Å²) in [7, 11) is 0. The van der Waals surface area contributed by atoms with Crippen LogP contribution in [0.15, 0.2) is 11.0 Å². The van der Waals surface area contributed by atoms with Crippen molar-refractivity contribution in [3.63, 3.8) is 0 Å². The van der Waals surface area contributed by atoms with Crippen molar-refractivity contribution >= 4 is 17.0 Å². The molecule has 1 aliphatic heterocycles. The fourth-order valence-corrected chi connectivity index (χ4v) is 2.62. The molecule has 0 saturated carbocycles. The van der Waals surface area contributed by atoms with E-state index in [4.69, 9.17) is 15.6 Å². The summed E-state index contributed by atoms with van der Waals surface area (Å²) in [6.07, 6.45) is 0.206. The van der Waals surface area contributed by atoms with E-state index < -0.39 is 18.4 Å². The van der Waals surface area contributed by atoms with Gasteiger partial charge in [-0.15, -0.1) is 0 Å². The van der Waals surface area contributed by atoms with Gasteiger partial charge in [0.2, 0.25) is 5.95 Å². The van der Waals surface area contributed by atoms with Crippen LogP contribution in [0, 0.1) is 6.92 Å². The number of fused-ring (bicyclic) bond motifs is 1. The second-order valence-electron chi connectivity index (χ2n) is 4.98. The highest BCUT2D eigenvalue weighted by molar-refractivity contribution is 5.80. The van der Waals surface area contributed by atoms with Crippen LogP contribution < -0.4 is 11.3 Å². The predicted octanol–water partition coefficient (Wildman–Crippen LogP) is -0.744. The smallest absolute Gasteiger partial charge is 0.262 e. The van der Waals surface area contributed by atoms with E-state index >= 15 is 0 Å². The maximum Gasteiger partial charge on any atom is 0.262 e. The normalized spacial score (nSPS) is 26.4. The number of H-pyrrole nitrogens is 1. The molecular weight excluding hydrogens is 264 g/mol. The Labute approximate surface area is 113 Å². The first kappa shape index (κ1) is 13.1. The zero-order chi connectivity index (χ0) is 14.4. The lowest BCUT2D eigenvalue weighted by atomic mass is 10.2. The fourth-order valence-electron chi connectivity index (χ4n) is 2.62. The first-order valence-corrected chi connectivity index (χ1v) is 6.32. The van der Waals surface area contributed by atoms with Crippen LogP contribution in [0.2, 0.25) is 0 Å². The van der Waals surface area contributed by atoms with Crippen LogP contribution in [-0.4, -0.2) is 43.6 Å². The first-order chi connectivity index (χ1) is 9.51. The summed E-state index contributed by atoms with van der Waals surface area (Å²) < 4.78 is 7.26. The molecule has 3 rings (SSSR count). The molecule has 3 heterocycles. The number of nitrogen functional groups attached to an aromatic ring is 1. The molecular formula is C12H16N4O4. The minimum atomic E-state index is -0.748. The predicted molar refractivity (Wildman–Crippen MR) is 71.1 cm³/mol. The summed E-state index contributed by atoms with van der Waals surface area (Å²) in [5, 5.41) is 19.4. The van der Waals surface area contributed by atoms with Gasteiger partial charge in [-0.2, -0.15) is 4.98 Å². The number of anilines is 1. The number of ether oxygens (including phenoxy) is 1. The van der Waals surface area contributed by atoms with Crippen LogP contribution in [-0.2, 0) is 4.74 Å². The molecule has 5 N–H and O–H groups in total. The lowest BCUT2D eigenvalue weighted by Gasteiger charge is -2.14. The molecule has 8 heteroatoms. The zero-order valence-corrected chi connectivity index (χ0v) is 10.9. The molecule has 0 spiro atoms. The third-order valence-corrected chi connectivity index (χ3v) is 3.58. The van der Waals surface area contributed by atoms with Gasteiger partial charge in [0.15, 0.2) is 5.65 Å². The monoisotopic (exact) mass is 280 g/mol. The number of aryl methyl sites for hydroxylation is 1. The van der Waals surface area contributed by atoms with E-state index in [1.165, 1.54) is 0 Å². The molecule has 0 amide bonds. The first-order valence-electron chi connectivity index (χ1n) is 6.32. The molecule has 0 radical (unpaired) electrons. The summed E-state index contributed by atoms with van der Waals surface area (Å²) >= 11 is 0. The molecule has 0 bridgehead atoms. The zero-order valence-electron chi connectivity index (χ0n) is 10.9. The van der Waals surface area contributed by atoms with Gasteiger partial charge in [0.1, 0.15) is 12.3 Å². The van der Waals surface area contributed by atoms with Crippen molar-refractivity contribution in [3.8, 4) is 0 Å². The molecule has 20 heavy (non-hydrogen) atoms. The molecule has 8 nitrogen and oxygen atoms in total. The average Bonchev–Trinajstić information content (AvgIpc) is 2.90. The number of rotatable bonds is 2.